The van der Waals surface area contributed by atoms with Gasteiger partial charge in [-0.1, -0.05) is 13.8 Å². The number of nitrogens with zero attached hydrogens (tertiary/aromatic N) is 2. The number of aromatic amines is 1. The van der Waals surface area contributed by atoms with Crippen LogP contribution >= 0.6 is 0 Å². The number of aromatic nitrogens is 2. The van der Waals surface area contributed by atoms with Gasteiger partial charge < -0.3 is 14.6 Å². The number of hydrogen-bond acceptors (Lipinski definition) is 3. The van der Waals surface area contributed by atoms with Crippen LogP contribution in [0.5, 0.6) is 0 Å². The van der Waals surface area contributed by atoms with Gasteiger partial charge in [0.15, 0.2) is 0 Å². The predicted molar refractivity (Wildman–Crippen MR) is 75.2 cm³/mol. The third kappa shape index (κ3) is 2.48. The first-order valence-electron chi connectivity index (χ1n) is 6.61. The molecule has 0 radical (unpaired) electrons. The first kappa shape index (κ1) is 12.9. The van der Waals surface area contributed by atoms with Gasteiger partial charge in [-0.2, -0.15) is 0 Å². The SMILES string of the molecule is CC.Cc1cnc2[nH]cc(N3CCOCC3)c2c1. The second-order valence-corrected chi connectivity index (χ2v) is 4.18. The molecule has 1 fully saturated rings. The normalized spacial score (nSPS) is 15.4. The molecule has 0 aromatic carbocycles. The van der Waals surface area contributed by atoms with Crippen LogP contribution in [0.1, 0.15) is 19.4 Å². The van der Waals surface area contributed by atoms with Gasteiger partial charge in [-0.05, 0) is 18.6 Å². The number of morpholine rings is 1. The maximum absolute atomic E-state index is 5.37. The highest BCUT2D eigenvalue weighted by Gasteiger charge is 2.15. The lowest BCUT2D eigenvalue weighted by atomic mass is 10.2. The zero-order chi connectivity index (χ0) is 13.0. The minimum Gasteiger partial charge on any atom is -0.378 e. The second kappa shape index (κ2) is 5.87. The molecule has 0 atom stereocenters. The number of aryl methyl sites for hydroxylation is 1. The van der Waals surface area contributed by atoms with Crippen LogP contribution < -0.4 is 4.90 Å². The third-order valence-electron chi connectivity index (χ3n) is 3.00. The number of rotatable bonds is 1. The minimum absolute atomic E-state index is 0.811. The Kier molecular flexibility index (Phi) is 4.20. The van der Waals surface area contributed by atoms with Crippen molar-refractivity contribution in [2.45, 2.75) is 20.8 Å². The quantitative estimate of drug-likeness (QED) is 0.842. The molecule has 4 nitrogen and oxygen atoms in total. The highest BCUT2D eigenvalue weighted by atomic mass is 16.5. The van der Waals surface area contributed by atoms with Crippen LogP contribution in [0.4, 0.5) is 5.69 Å². The molecule has 0 unspecified atom stereocenters. The first-order valence-corrected chi connectivity index (χ1v) is 6.61. The van der Waals surface area contributed by atoms with Crippen LogP contribution in [0.25, 0.3) is 11.0 Å². The number of hydrogen-bond donors (Lipinski definition) is 1. The van der Waals surface area contributed by atoms with Crippen molar-refractivity contribution < 1.29 is 4.74 Å². The largest absolute Gasteiger partial charge is 0.378 e. The van der Waals surface area contributed by atoms with E-state index in [0.717, 1.165) is 32.0 Å². The summed E-state index contributed by atoms with van der Waals surface area (Å²) in [5, 5.41) is 1.21. The van der Waals surface area contributed by atoms with Crippen LogP contribution in [-0.4, -0.2) is 36.3 Å². The Balaban J connectivity index is 0.000000574. The molecule has 3 heterocycles. The lowest BCUT2D eigenvalue weighted by molar-refractivity contribution is 0.123. The Labute approximate surface area is 108 Å². The standard InChI is InChI=1S/C12H15N3O.C2H6/c1-9-6-10-11(8-14-12(10)13-7-9)15-2-4-16-5-3-15;1-2/h6-8H,2-5H2,1H3,(H,13,14);1-2H3. The summed E-state index contributed by atoms with van der Waals surface area (Å²) in [6.45, 7) is 9.61. The number of pyridine rings is 1. The van der Waals surface area contributed by atoms with Gasteiger partial charge in [0.05, 0.1) is 18.9 Å². The first-order chi connectivity index (χ1) is 8.84. The molecule has 1 aliphatic heterocycles. The van der Waals surface area contributed by atoms with Crippen molar-refractivity contribution in [3.63, 3.8) is 0 Å². The van der Waals surface area contributed by atoms with Crippen molar-refractivity contribution in [1.82, 2.24) is 9.97 Å². The fourth-order valence-corrected chi connectivity index (χ4v) is 2.16. The molecule has 1 aliphatic rings. The van der Waals surface area contributed by atoms with Gasteiger partial charge in [0.25, 0.3) is 0 Å². The van der Waals surface area contributed by atoms with Crippen molar-refractivity contribution in [2.24, 2.45) is 0 Å². The lowest BCUT2D eigenvalue weighted by Crippen LogP contribution is -2.36. The highest BCUT2D eigenvalue weighted by molar-refractivity contribution is 5.90. The third-order valence-corrected chi connectivity index (χ3v) is 3.00. The molecule has 0 aliphatic carbocycles. The van der Waals surface area contributed by atoms with E-state index < -0.39 is 0 Å². The average Bonchev–Trinajstić information content (AvgIpc) is 2.85. The lowest BCUT2D eigenvalue weighted by Gasteiger charge is -2.28. The molecular weight excluding hydrogens is 226 g/mol. The molecule has 98 valence electrons. The van der Waals surface area contributed by atoms with E-state index in [1.165, 1.54) is 16.6 Å². The summed E-state index contributed by atoms with van der Waals surface area (Å²) in [5.74, 6) is 0. The van der Waals surface area contributed by atoms with Gasteiger partial charge in [0.2, 0.25) is 0 Å². The Hall–Kier alpha value is -1.55. The fourth-order valence-electron chi connectivity index (χ4n) is 2.16. The van der Waals surface area contributed by atoms with Crippen LogP contribution in [0.3, 0.4) is 0 Å². The molecular formula is C14H21N3O. The minimum atomic E-state index is 0.811. The van der Waals surface area contributed by atoms with Crippen molar-refractivity contribution in [3.8, 4) is 0 Å². The van der Waals surface area contributed by atoms with E-state index in [-0.39, 0.29) is 0 Å². The van der Waals surface area contributed by atoms with Crippen molar-refractivity contribution >= 4 is 16.7 Å². The number of nitrogens with one attached hydrogen (secondary N) is 1. The van der Waals surface area contributed by atoms with Crippen LogP contribution in [0.15, 0.2) is 18.5 Å². The summed E-state index contributed by atoms with van der Waals surface area (Å²) < 4.78 is 5.37. The molecule has 4 heteroatoms. The summed E-state index contributed by atoms with van der Waals surface area (Å²) in [5.41, 5.74) is 3.41. The van der Waals surface area contributed by atoms with E-state index in [1.807, 2.05) is 26.2 Å². The predicted octanol–water partition coefficient (Wildman–Crippen LogP) is 2.73. The Bertz CT molecular complexity index is 501. The molecule has 1 N–H and O–H groups in total. The zero-order valence-electron chi connectivity index (χ0n) is 11.4. The summed E-state index contributed by atoms with van der Waals surface area (Å²) in [6.07, 6.45) is 3.93. The van der Waals surface area contributed by atoms with Crippen molar-refractivity contribution in [2.75, 3.05) is 31.2 Å². The molecule has 18 heavy (non-hydrogen) atoms. The van der Waals surface area contributed by atoms with Crippen molar-refractivity contribution in [1.29, 1.82) is 0 Å². The molecule has 0 saturated carbocycles. The molecule has 0 spiro atoms. The number of ether oxygens (including phenoxy) is 1. The summed E-state index contributed by atoms with van der Waals surface area (Å²) in [4.78, 5) is 9.95. The van der Waals surface area contributed by atoms with Crippen LogP contribution in [0.2, 0.25) is 0 Å². The van der Waals surface area contributed by atoms with Gasteiger partial charge in [-0.25, -0.2) is 4.98 Å². The highest BCUT2D eigenvalue weighted by Crippen LogP contribution is 2.26. The Morgan fingerprint density at radius 1 is 1.28 bits per heavy atom. The average molecular weight is 247 g/mol. The van der Waals surface area contributed by atoms with E-state index in [0.29, 0.717) is 0 Å². The molecule has 2 aromatic rings. The zero-order valence-corrected chi connectivity index (χ0v) is 11.4. The van der Waals surface area contributed by atoms with Crippen molar-refractivity contribution in [3.05, 3.63) is 24.0 Å². The summed E-state index contributed by atoms with van der Waals surface area (Å²) in [6, 6.07) is 2.18. The van der Waals surface area contributed by atoms with E-state index in [4.69, 9.17) is 4.74 Å². The molecule has 1 saturated heterocycles. The van der Waals surface area contributed by atoms with E-state index in [1.54, 1.807) is 0 Å². The van der Waals surface area contributed by atoms with Crippen LogP contribution in [0, 0.1) is 6.92 Å². The van der Waals surface area contributed by atoms with Gasteiger partial charge in [-0.3, -0.25) is 0 Å². The van der Waals surface area contributed by atoms with Gasteiger partial charge in [-0.15, -0.1) is 0 Å². The molecule has 0 bridgehead atoms. The van der Waals surface area contributed by atoms with Gasteiger partial charge in [0, 0.05) is 30.9 Å². The Morgan fingerprint density at radius 2 is 2.00 bits per heavy atom. The fraction of sp³-hybridized carbons (Fsp3) is 0.500. The summed E-state index contributed by atoms with van der Waals surface area (Å²) >= 11 is 0. The van der Waals surface area contributed by atoms with E-state index >= 15 is 0 Å². The van der Waals surface area contributed by atoms with Gasteiger partial charge in [0.1, 0.15) is 5.65 Å². The van der Waals surface area contributed by atoms with E-state index in [9.17, 15) is 0 Å². The maximum atomic E-state index is 5.37. The summed E-state index contributed by atoms with van der Waals surface area (Å²) in [7, 11) is 0. The number of fused-ring (bicyclic) bond motifs is 1. The number of H-pyrrole nitrogens is 1. The second-order valence-electron chi connectivity index (χ2n) is 4.18. The smallest absolute Gasteiger partial charge is 0.139 e. The monoisotopic (exact) mass is 247 g/mol. The van der Waals surface area contributed by atoms with E-state index in [2.05, 4.69) is 27.9 Å². The number of anilines is 1. The Morgan fingerprint density at radius 3 is 2.72 bits per heavy atom. The van der Waals surface area contributed by atoms with Gasteiger partial charge >= 0.3 is 0 Å². The maximum Gasteiger partial charge on any atom is 0.139 e. The van der Waals surface area contributed by atoms with Crippen LogP contribution in [-0.2, 0) is 4.74 Å². The molecule has 2 aromatic heterocycles. The topological polar surface area (TPSA) is 41.2 Å². The molecule has 3 rings (SSSR count). The molecule has 0 amide bonds.